The van der Waals surface area contributed by atoms with Gasteiger partial charge in [-0.2, -0.15) is 0 Å². The Morgan fingerprint density at radius 3 is 2.79 bits per heavy atom. The van der Waals surface area contributed by atoms with Crippen molar-refractivity contribution < 1.29 is 9.59 Å². The summed E-state index contributed by atoms with van der Waals surface area (Å²) in [6.07, 6.45) is 6.13. The number of aromatic nitrogens is 2. The highest BCUT2D eigenvalue weighted by molar-refractivity contribution is 6.15. The highest BCUT2D eigenvalue weighted by Crippen LogP contribution is 2.48. The average Bonchev–Trinajstić information content (AvgIpc) is 3.38. The van der Waals surface area contributed by atoms with Crippen LogP contribution in [0.15, 0.2) is 54.9 Å². The van der Waals surface area contributed by atoms with Gasteiger partial charge in [0.1, 0.15) is 0 Å². The summed E-state index contributed by atoms with van der Waals surface area (Å²) in [4.78, 5) is 29.6. The quantitative estimate of drug-likeness (QED) is 0.518. The number of rotatable bonds is 2. The molecule has 2 N–H and O–H groups in total. The molecule has 2 aliphatic rings. The van der Waals surface area contributed by atoms with Gasteiger partial charge in [-0.25, -0.2) is 0 Å². The number of benzene rings is 2. The van der Waals surface area contributed by atoms with Crippen molar-refractivity contribution in [2.75, 3.05) is 0 Å². The molecule has 2 aromatic carbocycles. The molecular weight excluding hydrogens is 362 g/mol. The van der Waals surface area contributed by atoms with E-state index in [4.69, 9.17) is 0 Å². The van der Waals surface area contributed by atoms with Crippen LogP contribution in [0.25, 0.3) is 21.8 Å². The molecule has 29 heavy (non-hydrogen) atoms. The molecule has 0 aliphatic carbocycles. The van der Waals surface area contributed by atoms with Gasteiger partial charge in [0.25, 0.3) is 0 Å². The maximum Gasteiger partial charge on any atom is 0.238 e. The van der Waals surface area contributed by atoms with Gasteiger partial charge in [-0.15, -0.1) is 0 Å². The number of amides is 2. The predicted molar refractivity (Wildman–Crippen MR) is 112 cm³/mol. The van der Waals surface area contributed by atoms with Gasteiger partial charge in [-0.05, 0) is 42.5 Å². The molecule has 2 aliphatic heterocycles. The number of H-pyrrole nitrogens is 1. The summed E-state index contributed by atoms with van der Waals surface area (Å²) in [7, 11) is 0. The van der Waals surface area contributed by atoms with E-state index in [0.717, 1.165) is 46.8 Å². The second-order valence-corrected chi connectivity index (χ2v) is 8.40. The first-order chi connectivity index (χ1) is 14.1. The van der Waals surface area contributed by atoms with Crippen LogP contribution in [0.4, 0.5) is 0 Å². The first-order valence-corrected chi connectivity index (χ1v) is 10.1. The molecule has 5 nitrogen and oxygen atoms in total. The van der Waals surface area contributed by atoms with Crippen molar-refractivity contribution in [2.45, 2.75) is 37.6 Å². The minimum atomic E-state index is -0.964. The fourth-order valence-corrected chi connectivity index (χ4v) is 5.44. The molecule has 4 heterocycles. The van der Waals surface area contributed by atoms with Gasteiger partial charge in [0.2, 0.25) is 11.8 Å². The van der Waals surface area contributed by atoms with Crippen LogP contribution >= 0.6 is 0 Å². The summed E-state index contributed by atoms with van der Waals surface area (Å²) in [5, 5.41) is 4.70. The number of imide groups is 1. The predicted octanol–water partition coefficient (Wildman–Crippen LogP) is 3.77. The Kier molecular flexibility index (Phi) is 3.20. The summed E-state index contributed by atoms with van der Waals surface area (Å²) < 4.78 is 2.26. The monoisotopic (exact) mass is 383 g/mol. The molecule has 0 unspecified atom stereocenters. The lowest BCUT2D eigenvalue weighted by Gasteiger charge is -2.27. The molecule has 144 valence electrons. The molecule has 0 radical (unpaired) electrons. The second kappa shape index (κ2) is 5.60. The second-order valence-electron chi connectivity index (χ2n) is 8.40. The van der Waals surface area contributed by atoms with Gasteiger partial charge in [0, 0.05) is 35.2 Å². The number of nitrogens with zero attached hydrogens (tertiary/aromatic N) is 1. The van der Waals surface area contributed by atoms with E-state index in [0.29, 0.717) is 0 Å². The normalized spacial score (nSPS) is 23.8. The molecule has 2 aromatic heterocycles. The third kappa shape index (κ3) is 2.05. The Hall–Kier alpha value is -3.34. The van der Waals surface area contributed by atoms with Crippen LogP contribution in [-0.4, -0.2) is 21.4 Å². The molecule has 4 aromatic rings. The Morgan fingerprint density at radius 2 is 1.90 bits per heavy atom. The lowest BCUT2D eigenvalue weighted by Crippen LogP contribution is -2.35. The third-order valence-electron chi connectivity index (χ3n) is 6.87. The third-order valence-corrected chi connectivity index (χ3v) is 6.87. The van der Waals surface area contributed by atoms with Crippen molar-refractivity contribution in [1.29, 1.82) is 0 Å². The van der Waals surface area contributed by atoms with Crippen molar-refractivity contribution in [3.63, 3.8) is 0 Å². The summed E-state index contributed by atoms with van der Waals surface area (Å²) >= 11 is 0. The molecule has 6 rings (SSSR count). The fraction of sp³-hybridized carbons (Fsp3) is 0.250. The first kappa shape index (κ1) is 16.6. The van der Waals surface area contributed by atoms with Gasteiger partial charge < -0.3 is 9.55 Å². The van der Waals surface area contributed by atoms with E-state index in [-0.39, 0.29) is 11.8 Å². The van der Waals surface area contributed by atoms with Crippen molar-refractivity contribution in [3.05, 3.63) is 71.5 Å². The summed E-state index contributed by atoms with van der Waals surface area (Å²) in [5.74, 6) is -1.02. The average molecular weight is 383 g/mol. The number of fused-ring (bicyclic) bond motifs is 1. The summed E-state index contributed by atoms with van der Waals surface area (Å²) in [5.41, 5.74) is 4.35. The first-order valence-electron chi connectivity index (χ1n) is 10.1. The number of carbonyl (C=O) groups is 2. The van der Waals surface area contributed by atoms with Gasteiger partial charge >= 0.3 is 0 Å². The Balaban J connectivity index is 1.63. The maximum absolute atomic E-state index is 13.2. The number of carbonyl (C=O) groups excluding carboxylic acids is 2. The highest BCUT2D eigenvalue weighted by Gasteiger charge is 2.55. The van der Waals surface area contributed by atoms with Crippen LogP contribution in [0.5, 0.6) is 0 Å². The summed E-state index contributed by atoms with van der Waals surface area (Å²) in [6.45, 7) is 2.86. The van der Waals surface area contributed by atoms with Gasteiger partial charge in [0.05, 0.1) is 16.8 Å². The molecule has 0 bridgehead atoms. The van der Waals surface area contributed by atoms with E-state index in [2.05, 4.69) is 39.3 Å². The van der Waals surface area contributed by atoms with Crippen LogP contribution in [-0.2, 0) is 28.0 Å². The van der Waals surface area contributed by atoms with E-state index in [1.807, 2.05) is 37.4 Å². The largest absolute Gasteiger partial charge is 0.361 e. The molecule has 0 spiro atoms. The lowest BCUT2D eigenvalue weighted by molar-refractivity contribution is -0.126. The van der Waals surface area contributed by atoms with E-state index in [1.165, 1.54) is 11.1 Å². The number of nitrogens with one attached hydrogen (secondary N) is 2. The zero-order valence-electron chi connectivity index (χ0n) is 16.2. The minimum absolute atomic E-state index is 0.221. The smallest absolute Gasteiger partial charge is 0.238 e. The van der Waals surface area contributed by atoms with E-state index < -0.39 is 11.3 Å². The zero-order valence-corrected chi connectivity index (χ0v) is 16.2. The van der Waals surface area contributed by atoms with Crippen molar-refractivity contribution in [2.24, 2.45) is 0 Å². The van der Waals surface area contributed by atoms with E-state index >= 15 is 0 Å². The van der Waals surface area contributed by atoms with Crippen molar-refractivity contribution >= 4 is 33.6 Å². The van der Waals surface area contributed by atoms with Crippen molar-refractivity contribution in [1.82, 2.24) is 14.9 Å². The number of aromatic amines is 1. The van der Waals surface area contributed by atoms with Gasteiger partial charge in [-0.1, -0.05) is 36.4 Å². The van der Waals surface area contributed by atoms with Gasteiger partial charge in [-0.3, -0.25) is 14.9 Å². The molecule has 2 amide bonds. The Bertz CT molecular complexity index is 1330. The van der Waals surface area contributed by atoms with Crippen LogP contribution in [0.2, 0.25) is 0 Å². The highest BCUT2D eigenvalue weighted by atomic mass is 16.2. The van der Waals surface area contributed by atoms with Crippen LogP contribution in [0.3, 0.4) is 0 Å². The van der Waals surface area contributed by atoms with Crippen LogP contribution in [0.1, 0.15) is 36.0 Å². The molecule has 2 atom stereocenters. The SMILES string of the molecule is C[C@@]1(c2cn3c4c(cccc24)CCC3)C(=O)NC(=O)[C@H]1c1c[nH]c2ccccc12. The van der Waals surface area contributed by atoms with Crippen molar-refractivity contribution in [3.8, 4) is 0 Å². The van der Waals surface area contributed by atoms with Crippen LogP contribution in [0, 0.1) is 0 Å². The Labute approximate surface area is 167 Å². The molecule has 1 fully saturated rings. The Morgan fingerprint density at radius 1 is 1.07 bits per heavy atom. The zero-order chi connectivity index (χ0) is 19.8. The fourth-order valence-electron chi connectivity index (χ4n) is 5.44. The minimum Gasteiger partial charge on any atom is -0.361 e. The van der Waals surface area contributed by atoms with Gasteiger partial charge in [0.15, 0.2) is 0 Å². The molecule has 0 saturated carbocycles. The summed E-state index contributed by atoms with van der Waals surface area (Å²) in [6, 6.07) is 14.2. The number of aryl methyl sites for hydroxylation is 2. The number of hydrogen-bond acceptors (Lipinski definition) is 2. The van der Waals surface area contributed by atoms with Crippen LogP contribution < -0.4 is 5.32 Å². The van der Waals surface area contributed by atoms with E-state index in [1.54, 1.807) is 0 Å². The topological polar surface area (TPSA) is 66.9 Å². The standard InChI is InChI=1S/C24H21N3O2/c1-24(18-13-27-11-5-7-14-6-4-9-16(18)21(14)27)20(22(28)26-23(24)29)17-12-25-19-10-3-2-8-15(17)19/h2-4,6,8-10,12-13,20,25H,5,7,11H2,1H3,(H,26,28,29)/t20-,24+/m1/s1. The lowest BCUT2D eigenvalue weighted by atomic mass is 9.70. The number of para-hydroxylation sites is 2. The number of hydrogen-bond donors (Lipinski definition) is 2. The maximum atomic E-state index is 13.2. The van der Waals surface area contributed by atoms with E-state index in [9.17, 15) is 9.59 Å². The molecular formula is C24H21N3O2. The molecule has 5 heteroatoms. The molecule has 1 saturated heterocycles.